The van der Waals surface area contributed by atoms with Crippen LogP contribution in [0.1, 0.15) is 12.5 Å². The van der Waals surface area contributed by atoms with E-state index in [0.29, 0.717) is 12.1 Å². The molecule has 1 amide bonds. The molecule has 0 fully saturated rings. The van der Waals surface area contributed by atoms with Crippen LogP contribution in [0.4, 0.5) is 5.69 Å². The number of carbonyl (C=O) groups is 1. The molecule has 3 heteroatoms. The van der Waals surface area contributed by atoms with Gasteiger partial charge in [-0.05, 0) is 18.1 Å². The van der Waals surface area contributed by atoms with Crippen molar-refractivity contribution in [2.24, 2.45) is 5.92 Å². The van der Waals surface area contributed by atoms with Crippen molar-refractivity contribution >= 4 is 11.6 Å². The molecule has 0 radical (unpaired) electrons. The first-order valence-corrected chi connectivity index (χ1v) is 4.30. The van der Waals surface area contributed by atoms with Crippen molar-refractivity contribution in [2.75, 3.05) is 5.32 Å². The van der Waals surface area contributed by atoms with Gasteiger partial charge < -0.3 is 10.4 Å². The zero-order valence-electron chi connectivity index (χ0n) is 7.37. The predicted molar refractivity (Wildman–Crippen MR) is 49.6 cm³/mol. The van der Waals surface area contributed by atoms with E-state index in [9.17, 15) is 9.90 Å². The van der Waals surface area contributed by atoms with E-state index in [-0.39, 0.29) is 17.6 Å². The van der Waals surface area contributed by atoms with Crippen LogP contribution in [0.15, 0.2) is 18.2 Å². The van der Waals surface area contributed by atoms with Crippen molar-refractivity contribution in [2.45, 2.75) is 13.3 Å². The first-order chi connectivity index (χ1) is 6.18. The van der Waals surface area contributed by atoms with Gasteiger partial charge in [0.1, 0.15) is 5.75 Å². The third kappa shape index (κ3) is 1.26. The van der Waals surface area contributed by atoms with E-state index in [1.165, 1.54) is 0 Å². The van der Waals surface area contributed by atoms with Gasteiger partial charge in [-0.3, -0.25) is 4.79 Å². The number of amides is 1. The van der Waals surface area contributed by atoms with Gasteiger partial charge in [0, 0.05) is 5.92 Å². The summed E-state index contributed by atoms with van der Waals surface area (Å²) in [6.45, 7) is 1.88. The van der Waals surface area contributed by atoms with Crippen LogP contribution in [0.3, 0.4) is 0 Å². The summed E-state index contributed by atoms with van der Waals surface area (Å²) in [4.78, 5) is 11.3. The van der Waals surface area contributed by atoms with E-state index < -0.39 is 0 Å². The Labute approximate surface area is 76.4 Å². The molecule has 3 nitrogen and oxygen atoms in total. The van der Waals surface area contributed by atoms with E-state index in [0.717, 1.165) is 5.56 Å². The Morgan fingerprint density at radius 3 is 3.08 bits per heavy atom. The monoisotopic (exact) mass is 177 g/mol. The zero-order valence-corrected chi connectivity index (χ0v) is 7.37. The third-order valence-electron chi connectivity index (χ3n) is 2.35. The average molecular weight is 177 g/mol. The molecule has 1 heterocycles. The van der Waals surface area contributed by atoms with Gasteiger partial charge in [0.25, 0.3) is 0 Å². The summed E-state index contributed by atoms with van der Waals surface area (Å²) in [6, 6.07) is 5.29. The molecule has 68 valence electrons. The maximum atomic E-state index is 11.3. The SMILES string of the molecule is CC1Cc2cccc(O)c2NC1=O. The summed E-state index contributed by atoms with van der Waals surface area (Å²) < 4.78 is 0. The number of anilines is 1. The van der Waals surface area contributed by atoms with Gasteiger partial charge in [0.05, 0.1) is 5.69 Å². The molecule has 0 aromatic heterocycles. The molecule has 0 saturated carbocycles. The molecule has 1 aliphatic rings. The number of benzene rings is 1. The Balaban J connectivity index is 2.48. The molecular weight excluding hydrogens is 166 g/mol. The summed E-state index contributed by atoms with van der Waals surface area (Å²) >= 11 is 0. The Kier molecular flexibility index (Phi) is 1.72. The van der Waals surface area contributed by atoms with Crippen LogP contribution >= 0.6 is 0 Å². The lowest BCUT2D eigenvalue weighted by Gasteiger charge is -2.22. The fourth-order valence-corrected chi connectivity index (χ4v) is 1.57. The van der Waals surface area contributed by atoms with Gasteiger partial charge in [-0.2, -0.15) is 0 Å². The van der Waals surface area contributed by atoms with Gasteiger partial charge in [0.2, 0.25) is 5.91 Å². The van der Waals surface area contributed by atoms with Crippen LogP contribution in [0.25, 0.3) is 0 Å². The highest BCUT2D eigenvalue weighted by Crippen LogP contribution is 2.32. The second-order valence-electron chi connectivity index (χ2n) is 3.41. The molecule has 0 aliphatic carbocycles. The molecule has 13 heavy (non-hydrogen) atoms. The minimum Gasteiger partial charge on any atom is -0.506 e. The molecule has 1 aromatic carbocycles. The molecule has 0 saturated heterocycles. The van der Waals surface area contributed by atoms with E-state index in [4.69, 9.17) is 0 Å². The lowest BCUT2D eigenvalue weighted by atomic mass is 9.94. The third-order valence-corrected chi connectivity index (χ3v) is 2.35. The zero-order chi connectivity index (χ0) is 9.42. The number of carbonyl (C=O) groups excluding carboxylic acids is 1. The lowest BCUT2D eigenvalue weighted by molar-refractivity contribution is -0.119. The van der Waals surface area contributed by atoms with Crippen LogP contribution < -0.4 is 5.32 Å². The van der Waals surface area contributed by atoms with Crippen molar-refractivity contribution in [3.63, 3.8) is 0 Å². The topological polar surface area (TPSA) is 49.3 Å². The van der Waals surface area contributed by atoms with Crippen molar-refractivity contribution < 1.29 is 9.90 Å². The molecule has 2 N–H and O–H groups in total. The summed E-state index contributed by atoms with van der Waals surface area (Å²) in [5.41, 5.74) is 1.58. The number of rotatable bonds is 0. The number of hydrogen-bond acceptors (Lipinski definition) is 2. The largest absolute Gasteiger partial charge is 0.506 e. The molecule has 0 bridgehead atoms. The molecule has 2 rings (SSSR count). The van der Waals surface area contributed by atoms with E-state index in [1.807, 2.05) is 13.0 Å². The Morgan fingerprint density at radius 1 is 1.54 bits per heavy atom. The molecule has 1 aromatic rings. The second kappa shape index (κ2) is 2.76. The maximum absolute atomic E-state index is 11.3. The molecular formula is C10H11NO2. The summed E-state index contributed by atoms with van der Waals surface area (Å²) in [5, 5.41) is 12.1. The molecule has 1 aliphatic heterocycles. The van der Waals surface area contributed by atoms with Crippen molar-refractivity contribution in [3.8, 4) is 5.75 Å². The summed E-state index contributed by atoms with van der Waals surface area (Å²) in [6.07, 6.45) is 0.704. The van der Waals surface area contributed by atoms with Crippen LogP contribution in [-0.4, -0.2) is 11.0 Å². The highest BCUT2D eigenvalue weighted by atomic mass is 16.3. The van der Waals surface area contributed by atoms with Gasteiger partial charge in [-0.25, -0.2) is 0 Å². The highest BCUT2D eigenvalue weighted by molar-refractivity contribution is 5.97. The molecule has 1 atom stereocenters. The Bertz CT molecular complexity index is 360. The van der Waals surface area contributed by atoms with Gasteiger partial charge in [-0.15, -0.1) is 0 Å². The normalized spacial score (nSPS) is 20.7. The predicted octanol–water partition coefficient (Wildman–Crippen LogP) is 1.52. The number of para-hydroxylation sites is 1. The van der Waals surface area contributed by atoms with Crippen molar-refractivity contribution in [1.82, 2.24) is 0 Å². The number of aromatic hydroxyl groups is 1. The van der Waals surface area contributed by atoms with E-state index >= 15 is 0 Å². The Hall–Kier alpha value is -1.51. The number of phenols is 1. The van der Waals surface area contributed by atoms with Crippen LogP contribution in [-0.2, 0) is 11.2 Å². The lowest BCUT2D eigenvalue weighted by Crippen LogP contribution is -2.27. The average Bonchev–Trinajstić information content (AvgIpc) is 2.09. The minimum absolute atomic E-state index is 0.00528. The molecule has 0 spiro atoms. The summed E-state index contributed by atoms with van der Waals surface area (Å²) in [7, 11) is 0. The quantitative estimate of drug-likeness (QED) is 0.590. The van der Waals surface area contributed by atoms with E-state index in [1.54, 1.807) is 12.1 Å². The fourth-order valence-electron chi connectivity index (χ4n) is 1.57. The minimum atomic E-state index is -0.0194. The summed E-state index contributed by atoms with van der Waals surface area (Å²) in [5.74, 6) is 0.126. The van der Waals surface area contributed by atoms with Crippen molar-refractivity contribution in [3.05, 3.63) is 23.8 Å². The smallest absolute Gasteiger partial charge is 0.227 e. The standard InChI is InChI=1S/C10H11NO2/c1-6-5-7-3-2-4-8(12)9(7)11-10(6)13/h2-4,6,12H,5H2,1H3,(H,11,13). The maximum Gasteiger partial charge on any atom is 0.227 e. The molecule has 1 unspecified atom stereocenters. The van der Waals surface area contributed by atoms with Gasteiger partial charge in [-0.1, -0.05) is 19.1 Å². The fraction of sp³-hybridized carbons (Fsp3) is 0.300. The van der Waals surface area contributed by atoms with Gasteiger partial charge >= 0.3 is 0 Å². The number of hydrogen-bond donors (Lipinski definition) is 2. The first-order valence-electron chi connectivity index (χ1n) is 4.30. The first kappa shape index (κ1) is 8.10. The van der Waals surface area contributed by atoms with Crippen molar-refractivity contribution in [1.29, 1.82) is 0 Å². The number of nitrogens with one attached hydrogen (secondary N) is 1. The van der Waals surface area contributed by atoms with Crippen LogP contribution in [0.2, 0.25) is 0 Å². The van der Waals surface area contributed by atoms with Gasteiger partial charge in [0.15, 0.2) is 0 Å². The van der Waals surface area contributed by atoms with Crippen LogP contribution in [0.5, 0.6) is 5.75 Å². The number of fused-ring (bicyclic) bond motifs is 1. The number of phenolic OH excluding ortho intramolecular Hbond substituents is 1. The Morgan fingerprint density at radius 2 is 2.31 bits per heavy atom. The highest BCUT2D eigenvalue weighted by Gasteiger charge is 2.23. The second-order valence-corrected chi connectivity index (χ2v) is 3.41. The van der Waals surface area contributed by atoms with Crippen LogP contribution in [0, 0.1) is 5.92 Å². The van der Waals surface area contributed by atoms with E-state index in [2.05, 4.69) is 5.32 Å².